The Morgan fingerprint density at radius 3 is 2.15 bits per heavy atom. The van der Waals surface area contributed by atoms with E-state index < -0.39 is 12.0 Å². The summed E-state index contributed by atoms with van der Waals surface area (Å²) >= 11 is 0. The Morgan fingerprint density at radius 2 is 1.65 bits per heavy atom. The molecule has 1 N–H and O–H groups in total. The monoisotopic (exact) mass is 359 g/mol. The van der Waals surface area contributed by atoms with Crippen molar-refractivity contribution in [2.45, 2.75) is 51.0 Å². The number of carbonyl (C=O) groups is 2. The second kappa shape index (κ2) is 6.67. The van der Waals surface area contributed by atoms with Crippen LogP contribution in [-0.2, 0) is 20.7 Å². The van der Waals surface area contributed by atoms with Crippen molar-refractivity contribution in [3.8, 4) is 0 Å². The molecule has 0 radical (unpaired) electrons. The number of benzene rings is 1. The Labute approximate surface area is 153 Å². The van der Waals surface area contributed by atoms with E-state index >= 15 is 0 Å². The van der Waals surface area contributed by atoms with E-state index in [0.29, 0.717) is 24.2 Å². The van der Waals surface area contributed by atoms with Gasteiger partial charge in [0, 0.05) is 11.8 Å². The first kappa shape index (κ1) is 17.5. The second-order valence-corrected chi connectivity index (χ2v) is 8.58. The van der Waals surface area contributed by atoms with Gasteiger partial charge in [0.25, 0.3) is 0 Å². The number of methoxy groups -OCH3 is 1. The fraction of sp³-hybridized carbons (Fsp3) is 0.619. The lowest BCUT2D eigenvalue weighted by Gasteiger charge is -2.55. The van der Waals surface area contributed by atoms with Crippen LogP contribution in [0.1, 0.15) is 44.1 Å². The van der Waals surface area contributed by atoms with Gasteiger partial charge < -0.3 is 10.1 Å². The molecule has 0 aliphatic heterocycles. The average molecular weight is 359 g/mol. The number of hydrogen-bond donors (Lipinski definition) is 1. The maximum absolute atomic E-state index is 13.2. The highest BCUT2D eigenvalue weighted by molar-refractivity contribution is 5.88. The van der Waals surface area contributed by atoms with Crippen molar-refractivity contribution in [2.24, 2.45) is 23.2 Å². The standard InChI is InChI=1S/C21H26FNO3/c1-26-19(24)18(9-13-2-4-17(22)5-3-13)23-20(25)21-10-14-6-15(11-21)8-16(7-14)12-21/h2-5,14-16,18H,6-12H2,1H3,(H,23,25)/t14?,15?,16?,18-,21?/m1/s1. The summed E-state index contributed by atoms with van der Waals surface area (Å²) in [4.78, 5) is 25.4. The van der Waals surface area contributed by atoms with Crippen molar-refractivity contribution in [3.63, 3.8) is 0 Å². The lowest BCUT2D eigenvalue weighted by Crippen LogP contribution is -2.56. The number of hydrogen-bond acceptors (Lipinski definition) is 3. The van der Waals surface area contributed by atoms with Gasteiger partial charge in [-0.2, -0.15) is 0 Å². The van der Waals surface area contributed by atoms with E-state index in [1.807, 2.05) is 0 Å². The van der Waals surface area contributed by atoms with Crippen LogP contribution in [0.25, 0.3) is 0 Å². The van der Waals surface area contributed by atoms with Gasteiger partial charge in [-0.3, -0.25) is 4.79 Å². The molecule has 0 spiro atoms. The number of esters is 1. The molecule has 4 aliphatic carbocycles. The van der Waals surface area contributed by atoms with Crippen LogP contribution < -0.4 is 5.32 Å². The summed E-state index contributed by atoms with van der Waals surface area (Å²) < 4.78 is 18.0. The molecule has 4 fully saturated rings. The molecule has 26 heavy (non-hydrogen) atoms. The van der Waals surface area contributed by atoms with Crippen LogP contribution in [0, 0.1) is 29.0 Å². The molecule has 1 aromatic rings. The normalized spacial score (nSPS) is 32.9. The van der Waals surface area contributed by atoms with Crippen LogP contribution in [0.4, 0.5) is 4.39 Å². The third-order valence-electron chi connectivity index (χ3n) is 6.66. The number of halogens is 1. The fourth-order valence-electron chi connectivity index (χ4n) is 5.89. The number of carbonyl (C=O) groups excluding carboxylic acids is 2. The van der Waals surface area contributed by atoms with Crippen molar-refractivity contribution in [3.05, 3.63) is 35.6 Å². The SMILES string of the molecule is COC(=O)[C@@H](Cc1ccc(F)cc1)NC(=O)C12CC3CC(CC(C3)C1)C2. The highest BCUT2D eigenvalue weighted by Crippen LogP contribution is 2.60. The van der Waals surface area contributed by atoms with Gasteiger partial charge in [-0.1, -0.05) is 12.1 Å². The molecule has 4 saturated carbocycles. The second-order valence-electron chi connectivity index (χ2n) is 8.58. The molecule has 4 bridgehead atoms. The molecule has 1 amide bonds. The number of nitrogens with one attached hydrogen (secondary N) is 1. The third kappa shape index (κ3) is 3.24. The molecule has 5 heteroatoms. The van der Waals surface area contributed by atoms with Gasteiger partial charge in [-0.05, 0) is 74.0 Å². The molecule has 0 heterocycles. The first-order valence-electron chi connectivity index (χ1n) is 9.61. The zero-order chi connectivity index (χ0) is 18.3. The molecule has 1 atom stereocenters. The summed E-state index contributed by atoms with van der Waals surface area (Å²) in [5, 5.41) is 2.98. The minimum atomic E-state index is -0.731. The molecule has 0 unspecified atom stereocenters. The molecule has 4 aliphatic rings. The molecule has 1 aromatic carbocycles. The summed E-state index contributed by atoms with van der Waals surface area (Å²) in [7, 11) is 1.33. The van der Waals surface area contributed by atoms with E-state index in [9.17, 15) is 14.0 Å². The summed E-state index contributed by atoms with van der Waals surface area (Å²) in [6, 6.07) is 5.28. The molecule has 0 saturated heterocycles. The lowest BCUT2D eigenvalue weighted by molar-refractivity contribution is -0.152. The smallest absolute Gasteiger partial charge is 0.328 e. The fourth-order valence-corrected chi connectivity index (χ4v) is 5.89. The Hall–Kier alpha value is -1.91. The van der Waals surface area contributed by atoms with Gasteiger partial charge in [0.1, 0.15) is 11.9 Å². The zero-order valence-corrected chi connectivity index (χ0v) is 15.2. The highest BCUT2D eigenvalue weighted by Gasteiger charge is 2.55. The quantitative estimate of drug-likeness (QED) is 0.821. The van der Waals surface area contributed by atoms with Gasteiger partial charge in [0.2, 0.25) is 5.91 Å². The van der Waals surface area contributed by atoms with Gasteiger partial charge in [-0.15, -0.1) is 0 Å². The number of rotatable bonds is 5. The molecule has 140 valence electrons. The Morgan fingerprint density at radius 1 is 1.12 bits per heavy atom. The predicted octanol–water partition coefficient (Wildman–Crippen LogP) is 3.24. The van der Waals surface area contributed by atoms with E-state index in [4.69, 9.17) is 4.74 Å². The predicted molar refractivity (Wildman–Crippen MR) is 94.7 cm³/mol. The first-order valence-corrected chi connectivity index (χ1v) is 9.61. The molecule has 0 aromatic heterocycles. The Bertz CT molecular complexity index is 664. The topological polar surface area (TPSA) is 55.4 Å². The summed E-state index contributed by atoms with van der Waals surface area (Å²) in [5.41, 5.74) is 0.497. The molecule has 4 nitrogen and oxygen atoms in total. The van der Waals surface area contributed by atoms with Crippen LogP contribution in [0.5, 0.6) is 0 Å². The van der Waals surface area contributed by atoms with Gasteiger partial charge >= 0.3 is 5.97 Å². The maximum Gasteiger partial charge on any atom is 0.328 e. The molecule has 5 rings (SSSR count). The average Bonchev–Trinajstić information content (AvgIpc) is 2.61. The van der Waals surface area contributed by atoms with Crippen LogP contribution >= 0.6 is 0 Å². The van der Waals surface area contributed by atoms with E-state index in [-0.39, 0.29) is 17.1 Å². The minimum absolute atomic E-state index is 0.00844. The van der Waals surface area contributed by atoms with Crippen molar-refractivity contribution < 1.29 is 18.7 Å². The summed E-state index contributed by atoms with van der Waals surface area (Å²) in [6.45, 7) is 0. The molecular weight excluding hydrogens is 333 g/mol. The lowest BCUT2D eigenvalue weighted by atomic mass is 9.49. The largest absolute Gasteiger partial charge is 0.467 e. The van der Waals surface area contributed by atoms with Gasteiger partial charge in [0.05, 0.1) is 7.11 Å². The Balaban J connectivity index is 1.49. The van der Waals surface area contributed by atoms with Gasteiger partial charge in [-0.25, -0.2) is 9.18 Å². The van der Waals surface area contributed by atoms with E-state index in [0.717, 1.165) is 24.8 Å². The van der Waals surface area contributed by atoms with Crippen LogP contribution in [0.15, 0.2) is 24.3 Å². The van der Waals surface area contributed by atoms with Crippen molar-refractivity contribution in [1.29, 1.82) is 0 Å². The van der Waals surface area contributed by atoms with E-state index in [2.05, 4.69) is 5.32 Å². The highest BCUT2D eigenvalue weighted by atomic mass is 19.1. The van der Waals surface area contributed by atoms with E-state index in [1.165, 1.54) is 38.5 Å². The third-order valence-corrected chi connectivity index (χ3v) is 6.66. The van der Waals surface area contributed by atoms with Crippen LogP contribution in [0.2, 0.25) is 0 Å². The molecular formula is C21H26FNO3. The van der Waals surface area contributed by atoms with Crippen LogP contribution in [0.3, 0.4) is 0 Å². The number of ether oxygens (including phenoxy) is 1. The van der Waals surface area contributed by atoms with E-state index in [1.54, 1.807) is 12.1 Å². The van der Waals surface area contributed by atoms with Crippen molar-refractivity contribution in [1.82, 2.24) is 5.32 Å². The van der Waals surface area contributed by atoms with Crippen LogP contribution in [-0.4, -0.2) is 25.0 Å². The van der Waals surface area contributed by atoms with Gasteiger partial charge in [0.15, 0.2) is 0 Å². The summed E-state index contributed by atoms with van der Waals surface area (Å²) in [6.07, 6.45) is 6.97. The first-order chi connectivity index (χ1) is 12.5. The number of amides is 1. The van der Waals surface area contributed by atoms with Crippen molar-refractivity contribution in [2.75, 3.05) is 7.11 Å². The minimum Gasteiger partial charge on any atom is -0.467 e. The maximum atomic E-state index is 13.2. The summed E-state index contributed by atoms with van der Waals surface area (Å²) in [5.74, 6) is 1.24. The zero-order valence-electron chi connectivity index (χ0n) is 15.2. The van der Waals surface area contributed by atoms with Crippen molar-refractivity contribution >= 4 is 11.9 Å². The Kier molecular flexibility index (Phi) is 4.49.